The summed E-state index contributed by atoms with van der Waals surface area (Å²) in [5.41, 5.74) is 2.52. The SMILES string of the molecule is O=C(NCC1(c2ccccc2)CCC1)c1cc(F)cc2[nH]c(=S)[nH]c12. The van der Waals surface area contributed by atoms with Crippen molar-refractivity contribution in [3.8, 4) is 0 Å². The molecule has 0 bridgehead atoms. The fourth-order valence-corrected chi connectivity index (χ4v) is 3.81. The van der Waals surface area contributed by atoms with Crippen LogP contribution in [0.15, 0.2) is 42.5 Å². The standard InChI is InChI=1S/C19H18FN3OS/c20-13-9-14(16-15(10-13)22-18(25)23-16)17(24)21-11-19(7-4-8-19)12-5-2-1-3-6-12/h1-3,5-6,9-10H,4,7-8,11H2,(H,21,24)(H2,22,23,25). The van der Waals surface area contributed by atoms with E-state index < -0.39 is 5.82 Å². The largest absolute Gasteiger partial charge is 0.351 e. The Kier molecular flexibility index (Phi) is 3.92. The number of rotatable bonds is 4. The monoisotopic (exact) mass is 355 g/mol. The molecule has 1 fully saturated rings. The lowest BCUT2D eigenvalue weighted by Gasteiger charge is -2.42. The molecule has 0 aliphatic heterocycles. The van der Waals surface area contributed by atoms with E-state index in [0.29, 0.717) is 22.3 Å². The first-order valence-electron chi connectivity index (χ1n) is 8.33. The maximum atomic E-state index is 13.8. The maximum Gasteiger partial charge on any atom is 0.253 e. The van der Waals surface area contributed by atoms with Gasteiger partial charge in [0.25, 0.3) is 5.91 Å². The van der Waals surface area contributed by atoms with Gasteiger partial charge in [-0.25, -0.2) is 4.39 Å². The Morgan fingerprint density at radius 1 is 1.20 bits per heavy atom. The molecule has 0 radical (unpaired) electrons. The van der Waals surface area contributed by atoms with Crippen LogP contribution in [0.3, 0.4) is 0 Å². The lowest BCUT2D eigenvalue weighted by molar-refractivity contribution is 0.0929. The molecule has 1 saturated carbocycles. The maximum absolute atomic E-state index is 13.8. The quantitative estimate of drug-likeness (QED) is 0.614. The van der Waals surface area contributed by atoms with E-state index in [4.69, 9.17) is 12.2 Å². The average Bonchev–Trinajstić information content (AvgIpc) is 2.93. The summed E-state index contributed by atoms with van der Waals surface area (Å²) in [5.74, 6) is -0.763. The second kappa shape index (κ2) is 6.11. The van der Waals surface area contributed by atoms with E-state index in [0.717, 1.165) is 19.3 Å². The highest BCUT2D eigenvalue weighted by atomic mass is 32.1. The molecule has 25 heavy (non-hydrogen) atoms. The number of fused-ring (bicyclic) bond motifs is 1. The van der Waals surface area contributed by atoms with Crippen molar-refractivity contribution >= 4 is 29.2 Å². The van der Waals surface area contributed by atoms with Gasteiger partial charge in [0, 0.05) is 12.0 Å². The van der Waals surface area contributed by atoms with Gasteiger partial charge in [0.1, 0.15) is 5.82 Å². The molecule has 1 heterocycles. The average molecular weight is 355 g/mol. The third-order valence-corrected chi connectivity index (χ3v) is 5.32. The number of carbonyl (C=O) groups excluding carboxylic acids is 1. The zero-order valence-corrected chi connectivity index (χ0v) is 14.4. The van der Waals surface area contributed by atoms with Gasteiger partial charge in [0.05, 0.1) is 16.6 Å². The smallest absolute Gasteiger partial charge is 0.253 e. The fraction of sp³-hybridized carbons (Fsp3) is 0.263. The molecule has 0 saturated heterocycles. The number of aromatic amines is 2. The Morgan fingerprint density at radius 2 is 1.96 bits per heavy atom. The Morgan fingerprint density at radius 3 is 2.64 bits per heavy atom. The fourth-order valence-electron chi connectivity index (χ4n) is 3.59. The molecule has 1 aromatic heterocycles. The number of imidazole rings is 1. The highest BCUT2D eigenvalue weighted by Crippen LogP contribution is 2.43. The van der Waals surface area contributed by atoms with Crippen molar-refractivity contribution in [1.29, 1.82) is 0 Å². The topological polar surface area (TPSA) is 60.7 Å². The number of nitrogens with one attached hydrogen (secondary N) is 3. The summed E-state index contributed by atoms with van der Waals surface area (Å²) < 4.78 is 14.2. The first-order chi connectivity index (χ1) is 12.1. The van der Waals surface area contributed by atoms with Gasteiger partial charge in [-0.1, -0.05) is 36.8 Å². The zero-order valence-electron chi connectivity index (χ0n) is 13.6. The molecule has 0 unspecified atom stereocenters. The minimum atomic E-state index is -0.468. The summed E-state index contributed by atoms with van der Waals surface area (Å²) in [6, 6.07) is 12.8. The summed E-state index contributed by atoms with van der Waals surface area (Å²) in [7, 11) is 0. The highest BCUT2D eigenvalue weighted by Gasteiger charge is 2.38. The number of benzene rings is 2. The van der Waals surface area contributed by atoms with E-state index in [1.807, 2.05) is 18.2 Å². The van der Waals surface area contributed by atoms with Crippen LogP contribution in [-0.4, -0.2) is 22.4 Å². The molecular formula is C19H18FN3OS. The van der Waals surface area contributed by atoms with Crippen LogP contribution in [0.2, 0.25) is 0 Å². The van der Waals surface area contributed by atoms with E-state index in [1.165, 1.54) is 17.7 Å². The van der Waals surface area contributed by atoms with Crippen molar-refractivity contribution in [3.63, 3.8) is 0 Å². The van der Waals surface area contributed by atoms with Crippen molar-refractivity contribution in [3.05, 3.63) is 64.2 Å². The Hall–Kier alpha value is -2.47. The molecule has 1 amide bonds. The molecule has 1 aliphatic rings. The first-order valence-corrected chi connectivity index (χ1v) is 8.74. The van der Waals surface area contributed by atoms with Gasteiger partial charge in [-0.05, 0) is 42.8 Å². The molecule has 1 aliphatic carbocycles. The van der Waals surface area contributed by atoms with Crippen LogP contribution in [0.1, 0.15) is 35.2 Å². The minimum absolute atomic E-state index is 0.0194. The Labute approximate surface area is 149 Å². The van der Waals surface area contributed by atoms with E-state index in [1.54, 1.807) is 0 Å². The van der Waals surface area contributed by atoms with E-state index in [2.05, 4.69) is 27.4 Å². The van der Waals surface area contributed by atoms with Crippen LogP contribution in [0.4, 0.5) is 4.39 Å². The van der Waals surface area contributed by atoms with Crippen LogP contribution in [0, 0.1) is 10.6 Å². The van der Waals surface area contributed by atoms with Crippen LogP contribution >= 0.6 is 12.2 Å². The normalized spacial score (nSPS) is 15.7. The van der Waals surface area contributed by atoms with Crippen molar-refractivity contribution in [2.75, 3.05) is 6.54 Å². The molecule has 3 aromatic rings. The van der Waals surface area contributed by atoms with Gasteiger partial charge in [-0.3, -0.25) is 4.79 Å². The van der Waals surface area contributed by atoms with Gasteiger partial charge >= 0.3 is 0 Å². The van der Waals surface area contributed by atoms with Gasteiger partial charge in [0.2, 0.25) is 0 Å². The van der Waals surface area contributed by atoms with E-state index in [9.17, 15) is 9.18 Å². The summed E-state index contributed by atoms with van der Waals surface area (Å²) in [4.78, 5) is 18.5. The number of hydrogen-bond acceptors (Lipinski definition) is 2. The van der Waals surface area contributed by atoms with Gasteiger partial charge in [0.15, 0.2) is 4.77 Å². The van der Waals surface area contributed by atoms with Crippen molar-refractivity contribution in [2.24, 2.45) is 0 Å². The third kappa shape index (κ3) is 2.87. The highest BCUT2D eigenvalue weighted by molar-refractivity contribution is 7.71. The molecule has 128 valence electrons. The molecule has 0 atom stereocenters. The molecule has 2 aromatic carbocycles. The van der Waals surface area contributed by atoms with E-state index in [-0.39, 0.29) is 16.9 Å². The summed E-state index contributed by atoms with van der Waals surface area (Å²) in [6.07, 6.45) is 3.24. The molecule has 3 N–H and O–H groups in total. The number of hydrogen-bond donors (Lipinski definition) is 3. The lowest BCUT2D eigenvalue weighted by Crippen LogP contribution is -2.45. The van der Waals surface area contributed by atoms with Gasteiger partial charge < -0.3 is 15.3 Å². The molecular weight excluding hydrogens is 337 g/mol. The molecule has 4 nitrogen and oxygen atoms in total. The second-order valence-electron chi connectivity index (χ2n) is 6.64. The molecule has 0 spiro atoms. The van der Waals surface area contributed by atoms with Crippen LogP contribution < -0.4 is 5.32 Å². The lowest BCUT2D eigenvalue weighted by atomic mass is 9.64. The number of H-pyrrole nitrogens is 2. The van der Waals surface area contributed by atoms with Crippen LogP contribution in [0.25, 0.3) is 11.0 Å². The van der Waals surface area contributed by atoms with Crippen molar-refractivity contribution in [2.45, 2.75) is 24.7 Å². The summed E-state index contributed by atoms with van der Waals surface area (Å²) in [5, 5.41) is 3.00. The third-order valence-electron chi connectivity index (χ3n) is 5.12. The Balaban J connectivity index is 1.60. The van der Waals surface area contributed by atoms with Crippen molar-refractivity contribution in [1.82, 2.24) is 15.3 Å². The van der Waals surface area contributed by atoms with Crippen molar-refractivity contribution < 1.29 is 9.18 Å². The number of aromatic nitrogens is 2. The molecule has 6 heteroatoms. The zero-order chi connectivity index (χ0) is 17.4. The number of halogens is 1. The van der Waals surface area contributed by atoms with Crippen LogP contribution in [-0.2, 0) is 5.41 Å². The van der Waals surface area contributed by atoms with Crippen LogP contribution in [0.5, 0.6) is 0 Å². The minimum Gasteiger partial charge on any atom is -0.351 e. The Bertz CT molecular complexity index is 989. The predicted octanol–water partition coefficient (Wildman–Crippen LogP) is 4.22. The first kappa shape index (κ1) is 16.0. The predicted molar refractivity (Wildman–Crippen MR) is 97.7 cm³/mol. The van der Waals surface area contributed by atoms with Gasteiger partial charge in [-0.2, -0.15) is 0 Å². The summed E-state index contributed by atoms with van der Waals surface area (Å²) in [6.45, 7) is 0.541. The van der Waals surface area contributed by atoms with Gasteiger partial charge in [-0.15, -0.1) is 0 Å². The number of amides is 1. The second-order valence-corrected chi connectivity index (χ2v) is 7.05. The van der Waals surface area contributed by atoms with E-state index >= 15 is 0 Å². The number of carbonyl (C=O) groups is 1. The summed E-state index contributed by atoms with van der Waals surface area (Å²) >= 11 is 5.05. The molecule has 4 rings (SSSR count).